The number of rotatable bonds is 28. The Hall–Kier alpha value is -5.31. The number of phenolic OH excluding ortho intramolecular Hbond substituents is 2. The first-order valence-electron chi connectivity index (χ1n) is 25.7. The lowest BCUT2D eigenvalue weighted by atomic mass is 9.89. The summed E-state index contributed by atoms with van der Waals surface area (Å²) in [6.45, 7) is 8.57. The largest absolute Gasteiger partial charge is 0.507 e. The fourth-order valence-electron chi connectivity index (χ4n) is 8.97. The van der Waals surface area contributed by atoms with E-state index < -0.39 is 71.9 Å². The number of ketones is 2. The van der Waals surface area contributed by atoms with Crippen molar-refractivity contribution in [2.24, 2.45) is 5.92 Å². The second-order valence-electron chi connectivity index (χ2n) is 19.2. The maximum atomic E-state index is 14.3. The Bertz CT molecular complexity index is 2010. The molecule has 0 fully saturated rings. The molecule has 1 aliphatic rings. The summed E-state index contributed by atoms with van der Waals surface area (Å²) >= 11 is 0. The van der Waals surface area contributed by atoms with Gasteiger partial charge in [0, 0.05) is 69.3 Å². The fourth-order valence-corrected chi connectivity index (χ4v) is 8.97. The molecule has 0 aromatic heterocycles. The number of phenols is 2. The Morgan fingerprint density at radius 3 is 1.88 bits per heavy atom. The average molecular weight is 962 g/mol. The third kappa shape index (κ3) is 18.5. The monoisotopic (exact) mass is 962 g/mol. The molecule has 0 unspecified atom stereocenters. The molecule has 5 amide bonds. The van der Waals surface area contributed by atoms with Crippen LogP contribution < -0.4 is 16.0 Å². The summed E-state index contributed by atoms with van der Waals surface area (Å²) in [6.07, 6.45) is 16.8. The summed E-state index contributed by atoms with van der Waals surface area (Å²) in [6, 6.07) is 4.28. The molecule has 2 aromatic rings. The van der Waals surface area contributed by atoms with Crippen LogP contribution in [0.5, 0.6) is 11.5 Å². The summed E-state index contributed by atoms with van der Waals surface area (Å²) < 4.78 is 0. The summed E-state index contributed by atoms with van der Waals surface area (Å²) in [5, 5.41) is 40.7. The number of aliphatic hydroxyl groups excluding tert-OH is 1. The first-order chi connectivity index (χ1) is 33.0. The van der Waals surface area contributed by atoms with E-state index in [1.807, 2.05) is 13.8 Å². The van der Waals surface area contributed by atoms with Crippen molar-refractivity contribution in [3.05, 3.63) is 47.5 Å². The van der Waals surface area contributed by atoms with Gasteiger partial charge < -0.3 is 41.1 Å². The molecule has 2 aromatic carbocycles. The van der Waals surface area contributed by atoms with Crippen molar-refractivity contribution in [3.8, 4) is 22.6 Å². The van der Waals surface area contributed by atoms with Crippen LogP contribution in [-0.4, -0.2) is 111 Å². The number of benzene rings is 2. The number of carbonyl (C=O) groups excluding carboxylic acids is 7. The number of Topliss-reactive ketones (excluding diaryl/α,β-unsaturated/α-hetero) is 2. The van der Waals surface area contributed by atoms with Crippen LogP contribution in [0.4, 0.5) is 0 Å². The third-order valence-corrected chi connectivity index (χ3v) is 13.5. The van der Waals surface area contributed by atoms with Crippen molar-refractivity contribution in [2.45, 2.75) is 200 Å². The highest BCUT2D eigenvalue weighted by molar-refractivity contribution is 5.97. The molecule has 0 saturated heterocycles. The Morgan fingerprint density at radius 2 is 1.30 bits per heavy atom. The normalized spacial score (nSPS) is 17.4. The van der Waals surface area contributed by atoms with Gasteiger partial charge in [0.2, 0.25) is 29.5 Å². The van der Waals surface area contributed by atoms with E-state index in [-0.39, 0.29) is 72.2 Å². The van der Waals surface area contributed by atoms with Crippen LogP contribution in [0, 0.1) is 5.92 Å². The molecule has 0 aliphatic carbocycles. The maximum absolute atomic E-state index is 14.3. The molecule has 6 atom stereocenters. The molecular weight excluding hydrogens is 879 g/mol. The van der Waals surface area contributed by atoms with Crippen molar-refractivity contribution in [3.63, 3.8) is 0 Å². The zero-order valence-corrected chi connectivity index (χ0v) is 42.6. The summed E-state index contributed by atoms with van der Waals surface area (Å²) in [5.74, 6) is -4.87. The van der Waals surface area contributed by atoms with Crippen molar-refractivity contribution in [1.82, 2.24) is 25.8 Å². The Balaban J connectivity index is 1.66. The van der Waals surface area contributed by atoms with Crippen molar-refractivity contribution >= 4 is 41.1 Å². The van der Waals surface area contributed by atoms with Crippen LogP contribution >= 0.6 is 0 Å². The first-order valence-corrected chi connectivity index (χ1v) is 25.7. The molecule has 69 heavy (non-hydrogen) atoms. The van der Waals surface area contributed by atoms with Gasteiger partial charge in [-0.25, -0.2) is 0 Å². The number of aliphatic hydroxyl groups is 1. The number of fused-ring (bicyclic) bond motifs is 5. The van der Waals surface area contributed by atoms with Gasteiger partial charge in [-0.05, 0) is 61.6 Å². The minimum atomic E-state index is -1.29. The number of amides is 5. The van der Waals surface area contributed by atoms with Gasteiger partial charge in [-0.15, -0.1) is 0 Å². The van der Waals surface area contributed by atoms with Gasteiger partial charge in [-0.2, -0.15) is 0 Å². The molecule has 1 heterocycles. The Morgan fingerprint density at radius 1 is 0.725 bits per heavy atom. The molecule has 1 aliphatic heterocycles. The highest BCUT2D eigenvalue weighted by Crippen LogP contribution is 2.39. The zero-order valence-electron chi connectivity index (χ0n) is 42.6. The van der Waals surface area contributed by atoms with Gasteiger partial charge in [0.05, 0.1) is 12.6 Å². The fraction of sp³-hybridized carbons (Fsp3) is 0.648. The van der Waals surface area contributed by atoms with Gasteiger partial charge >= 0.3 is 0 Å². The van der Waals surface area contributed by atoms with Gasteiger partial charge in [-0.1, -0.05) is 123 Å². The smallest absolute Gasteiger partial charge is 0.245 e. The molecule has 15 heteroatoms. The minimum Gasteiger partial charge on any atom is -0.507 e. The molecule has 3 rings (SSSR count). The van der Waals surface area contributed by atoms with E-state index in [1.165, 1.54) is 113 Å². The van der Waals surface area contributed by atoms with Crippen LogP contribution in [0.25, 0.3) is 11.1 Å². The third-order valence-electron chi connectivity index (χ3n) is 13.5. The van der Waals surface area contributed by atoms with E-state index in [2.05, 4.69) is 22.9 Å². The molecule has 0 saturated carbocycles. The topological polar surface area (TPSA) is 223 Å². The van der Waals surface area contributed by atoms with Crippen LogP contribution in [0.3, 0.4) is 0 Å². The number of nitrogens with one attached hydrogen (secondary N) is 3. The maximum Gasteiger partial charge on any atom is 0.245 e. The number of unbranched alkanes of at least 4 members (excludes halogenated alkanes) is 12. The predicted molar refractivity (Wildman–Crippen MR) is 268 cm³/mol. The number of nitrogens with zero attached hydrogens (tertiary/aromatic N) is 2. The van der Waals surface area contributed by atoms with Crippen molar-refractivity contribution in [1.29, 1.82) is 0 Å². The van der Waals surface area contributed by atoms with Crippen LogP contribution in [0.1, 0.15) is 180 Å². The minimum absolute atomic E-state index is 0.0632. The second kappa shape index (κ2) is 30.3. The van der Waals surface area contributed by atoms with Gasteiger partial charge in [-0.3, -0.25) is 33.6 Å². The van der Waals surface area contributed by atoms with Crippen molar-refractivity contribution < 1.29 is 48.9 Å². The van der Waals surface area contributed by atoms with E-state index in [4.69, 9.17) is 0 Å². The highest BCUT2D eigenvalue weighted by Gasteiger charge is 2.34. The standard InChI is InChI=1S/C54H83N5O10/c1-8-11-12-13-14-15-16-17-18-19-20-21-22-24-49(65)58(6)44(35-60)54(69)55-37(5)45(61)29-30-50(66)59(7)51-39-26-28-47(63)42(34-39)41-32-38(25-27-46(41)62)33-43(53(68)56-40(10-3)23-9-2)57-52(67)36(4)31-48(51)64/h25-28,32,34,36-37,40,43-44,51,60,62-63H,8-24,29-31,33,35H2,1-7H3,(H,55,69)(H,56,68)(H,57,67)/t36-,37-,40-,43+,44-,51+/m1/s1. The van der Waals surface area contributed by atoms with Crippen LogP contribution in [-0.2, 0) is 40.0 Å². The predicted octanol–water partition coefficient (Wildman–Crippen LogP) is 7.75. The van der Waals surface area contributed by atoms with Gasteiger partial charge in [0.25, 0.3) is 0 Å². The molecule has 0 spiro atoms. The lowest BCUT2D eigenvalue weighted by molar-refractivity contribution is -0.142. The van der Waals surface area contributed by atoms with E-state index in [0.29, 0.717) is 18.4 Å². The SMILES string of the molecule is CCCCCCCCCCCCCCCC(=O)N(C)[C@H](CO)C(=O)N[C@H](C)C(=O)CCC(=O)N(C)[C@@H]1C(=O)C[C@@H](C)C(=O)N[C@H](C(=O)N[C@H](CC)CCC)Cc2ccc(O)c(c2)-c2cc1ccc2O. The number of hydrogen-bond donors (Lipinski definition) is 6. The summed E-state index contributed by atoms with van der Waals surface area (Å²) in [5.41, 5.74) is 1.24. The van der Waals surface area contributed by atoms with Gasteiger partial charge in [0.15, 0.2) is 11.6 Å². The van der Waals surface area contributed by atoms with Crippen molar-refractivity contribution in [2.75, 3.05) is 20.7 Å². The van der Waals surface area contributed by atoms with E-state index in [0.717, 1.165) is 32.1 Å². The second-order valence-corrected chi connectivity index (χ2v) is 19.2. The summed E-state index contributed by atoms with van der Waals surface area (Å²) in [7, 11) is 2.85. The Labute approximate surface area is 410 Å². The number of likely N-dealkylation sites (N-methyl/N-ethyl adjacent to an activating group) is 2. The molecule has 6 N–H and O–H groups in total. The number of carbonyl (C=O) groups is 7. The summed E-state index contributed by atoms with van der Waals surface area (Å²) in [4.78, 5) is 97.6. The first kappa shape index (κ1) is 58.0. The molecule has 384 valence electrons. The van der Waals surface area contributed by atoms with E-state index >= 15 is 0 Å². The Kier molecular flexibility index (Phi) is 25.5. The van der Waals surface area contributed by atoms with Crippen LogP contribution in [0.2, 0.25) is 0 Å². The number of hydrogen-bond acceptors (Lipinski definition) is 10. The molecule has 15 nitrogen and oxygen atoms in total. The zero-order chi connectivity index (χ0) is 51.0. The lowest BCUT2D eigenvalue weighted by Crippen LogP contribution is -2.53. The lowest BCUT2D eigenvalue weighted by Gasteiger charge is -2.30. The van der Waals surface area contributed by atoms with E-state index in [9.17, 15) is 48.9 Å². The molecule has 4 bridgehead atoms. The highest BCUT2D eigenvalue weighted by atomic mass is 16.3. The quantitative estimate of drug-likeness (QED) is 0.0455. The molecule has 0 radical (unpaired) electrons. The molecular formula is C54H83N5O10. The number of aromatic hydroxyl groups is 2. The average Bonchev–Trinajstić information content (AvgIpc) is 3.32. The van der Waals surface area contributed by atoms with Gasteiger partial charge in [0.1, 0.15) is 29.6 Å². The van der Waals surface area contributed by atoms with Crippen LogP contribution in [0.15, 0.2) is 36.4 Å². The van der Waals surface area contributed by atoms with E-state index in [1.54, 1.807) is 19.1 Å².